The van der Waals surface area contributed by atoms with Gasteiger partial charge in [-0.15, -0.1) is 0 Å². The van der Waals surface area contributed by atoms with Crippen molar-refractivity contribution in [3.05, 3.63) is 0 Å². The van der Waals surface area contributed by atoms with Gasteiger partial charge in [-0.1, -0.05) is 34.6 Å². The van der Waals surface area contributed by atoms with Crippen LogP contribution >= 0.6 is 0 Å². The second-order valence-electron chi connectivity index (χ2n) is 5.08. The largest absolute Gasteiger partial charge is 0.273 e. The number of hydrogen-bond acceptors (Lipinski definition) is 2. The number of rotatable bonds is 3. The fraction of sp³-hybridized carbons (Fsp3) is 0.818. The summed E-state index contributed by atoms with van der Waals surface area (Å²) in [5, 5.41) is 0. The maximum atomic E-state index is 11.3. The Balaban J connectivity index is 3.87. The quantitative estimate of drug-likeness (QED) is 0.701. The minimum atomic E-state index is -0.154. The van der Waals surface area contributed by atoms with E-state index in [1.807, 2.05) is 34.6 Å². The monoisotopic (exact) mass is 214 g/mol. The van der Waals surface area contributed by atoms with Gasteiger partial charge in [-0.2, -0.15) is 0 Å². The fourth-order valence-electron chi connectivity index (χ4n) is 0.966. The fourth-order valence-corrected chi connectivity index (χ4v) is 0.966. The molecule has 1 atom stereocenters. The number of hydrogen-bond donors (Lipinski definition) is 2. The summed E-state index contributed by atoms with van der Waals surface area (Å²) in [6, 6.07) is 0. The van der Waals surface area contributed by atoms with Gasteiger partial charge in [0.1, 0.15) is 0 Å². The van der Waals surface area contributed by atoms with E-state index in [9.17, 15) is 9.59 Å². The first kappa shape index (κ1) is 13.9. The number of hydrazine groups is 1. The Hall–Kier alpha value is -1.06. The van der Waals surface area contributed by atoms with Crippen LogP contribution in [0.1, 0.15) is 47.5 Å². The molecule has 0 aromatic heterocycles. The average Bonchev–Trinajstić information content (AvgIpc) is 2.10. The van der Waals surface area contributed by atoms with E-state index in [4.69, 9.17) is 0 Å². The van der Waals surface area contributed by atoms with Crippen LogP contribution in [0.4, 0.5) is 0 Å². The molecule has 0 heterocycles. The summed E-state index contributed by atoms with van der Waals surface area (Å²) in [5.74, 6) is -0.362. The molecule has 0 rings (SSSR count). The number of nitrogens with one attached hydrogen (secondary N) is 2. The summed E-state index contributed by atoms with van der Waals surface area (Å²) in [5.41, 5.74) is 4.77. The van der Waals surface area contributed by atoms with E-state index in [1.165, 1.54) is 0 Å². The highest BCUT2D eigenvalue weighted by atomic mass is 16.2. The lowest BCUT2D eigenvalue weighted by Gasteiger charge is -2.18. The summed E-state index contributed by atoms with van der Waals surface area (Å²) in [4.78, 5) is 22.7. The van der Waals surface area contributed by atoms with Crippen molar-refractivity contribution < 1.29 is 9.59 Å². The van der Waals surface area contributed by atoms with Crippen molar-refractivity contribution in [3.8, 4) is 0 Å². The van der Waals surface area contributed by atoms with Gasteiger partial charge in [0.25, 0.3) is 0 Å². The van der Waals surface area contributed by atoms with E-state index in [-0.39, 0.29) is 23.1 Å². The van der Waals surface area contributed by atoms with Crippen molar-refractivity contribution in [2.75, 3.05) is 0 Å². The van der Waals surface area contributed by atoms with Crippen LogP contribution in [0.3, 0.4) is 0 Å². The molecule has 88 valence electrons. The van der Waals surface area contributed by atoms with E-state index in [2.05, 4.69) is 10.9 Å². The van der Waals surface area contributed by atoms with Crippen LogP contribution in [0.15, 0.2) is 0 Å². The minimum absolute atomic E-state index is 0.0643. The molecule has 0 aromatic carbocycles. The normalized spacial score (nSPS) is 13.1. The van der Waals surface area contributed by atoms with Crippen LogP contribution in [-0.4, -0.2) is 11.8 Å². The van der Waals surface area contributed by atoms with Crippen LogP contribution in [0.2, 0.25) is 0 Å². The molecular formula is C11H22N2O2. The average molecular weight is 214 g/mol. The first-order valence-corrected chi connectivity index (χ1v) is 5.35. The number of amides is 2. The predicted octanol–water partition coefficient (Wildman–Crippen LogP) is 1.62. The Bertz CT molecular complexity index is 231. The molecule has 0 bridgehead atoms. The van der Waals surface area contributed by atoms with Gasteiger partial charge in [0, 0.05) is 12.3 Å². The summed E-state index contributed by atoms with van der Waals surface area (Å²) >= 11 is 0. The molecular weight excluding hydrogens is 192 g/mol. The van der Waals surface area contributed by atoms with Gasteiger partial charge in [-0.25, -0.2) is 0 Å². The minimum Gasteiger partial charge on any atom is -0.273 e. The van der Waals surface area contributed by atoms with Crippen molar-refractivity contribution in [1.82, 2.24) is 10.9 Å². The van der Waals surface area contributed by atoms with Crippen LogP contribution < -0.4 is 10.9 Å². The van der Waals surface area contributed by atoms with Crippen molar-refractivity contribution in [2.45, 2.75) is 47.5 Å². The van der Waals surface area contributed by atoms with E-state index in [1.54, 1.807) is 0 Å². The molecule has 0 aromatic rings. The summed E-state index contributed by atoms with van der Waals surface area (Å²) in [6.45, 7) is 9.68. The van der Waals surface area contributed by atoms with Gasteiger partial charge in [0.05, 0.1) is 0 Å². The van der Waals surface area contributed by atoms with Crippen molar-refractivity contribution >= 4 is 11.8 Å². The standard InChI is InChI=1S/C11H22N2O2/c1-6-8(2)10(15)13-12-9(14)7-11(3,4)5/h8H,6-7H2,1-5H3,(H,12,14)(H,13,15)/t8-/m1/s1. The Morgan fingerprint density at radius 2 is 1.73 bits per heavy atom. The smallest absolute Gasteiger partial charge is 0.241 e. The first-order valence-electron chi connectivity index (χ1n) is 5.35. The Labute approximate surface area is 91.8 Å². The Morgan fingerprint density at radius 1 is 1.20 bits per heavy atom. The lowest BCUT2D eigenvalue weighted by molar-refractivity contribution is -0.131. The summed E-state index contributed by atoms with van der Waals surface area (Å²) in [7, 11) is 0. The molecule has 0 fully saturated rings. The Morgan fingerprint density at radius 3 is 2.13 bits per heavy atom. The Kier molecular flexibility index (Phi) is 5.33. The highest BCUT2D eigenvalue weighted by molar-refractivity contribution is 5.83. The highest BCUT2D eigenvalue weighted by Gasteiger charge is 2.17. The third kappa shape index (κ3) is 6.94. The maximum absolute atomic E-state index is 11.3. The first-order chi connectivity index (χ1) is 6.76. The molecule has 15 heavy (non-hydrogen) atoms. The molecule has 0 unspecified atom stereocenters. The summed E-state index contributed by atoms with van der Waals surface area (Å²) < 4.78 is 0. The lowest BCUT2D eigenvalue weighted by Crippen LogP contribution is -2.44. The molecule has 0 spiro atoms. The topological polar surface area (TPSA) is 58.2 Å². The molecule has 0 aliphatic rings. The van der Waals surface area contributed by atoms with Gasteiger partial charge in [-0.3, -0.25) is 20.4 Å². The lowest BCUT2D eigenvalue weighted by atomic mass is 9.92. The third-order valence-corrected chi connectivity index (χ3v) is 2.08. The molecule has 0 saturated carbocycles. The zero-order valence-corrected chi connectivity index (χ0v) is 10.3. The zero-order valence-electron chi connectivity index (χ0n) is 10.3. The van der Waals surface area contributed by atoms with Crippen LogP contribution in [0.5, 0.6) is 0 Å². The van der Waals surface area contributed by atoms with Crippen LogP contribution in [0, 0.1) is 11.3 Å². The van der Waals surface area contributed by atoms with Gasteiger partial charge >= 0.3 is 0 Å². The molecule has 4 nitrogen and oxygen atoms in total. The van der Waals surface area contributed by atoms with Gasteiger partial charge < -0.3 is 0 Å². The van der Waals surface area contributed by atoms with Crippen molar-refractivity contribution in [2.24, 2.45) is 11.3 Å². The third-order valence-electron chi connectivity index (χ3n) is 2.08. The van der Waals surface area contributed by atoms with Gasteiger partial charge in [0.15, 0.2) is 0 Å². The maximum Gasteiger partial charge on any atom is 0.241 e. The zero-order chi connectivity index (χ0) is 12.1. The van der Waals surface area contributed by atoms with Gasteiger partial charge in [0.2, 0.25) is 11.8 Å². The molecule has 2 amide bonds. The van der Waals surface area contributed by atoms with E-state index in [0.29, 0.717) is 6.42 Å². The molecule has 0 saturated heterocycles. The molecule has 2 N–H and O–H groups in total. The molecule has 0 aliphatic carbocycles. The molecule has 4 heteroatoms. The number of carbonyl (C=O) groups is 2. The second-order valence-corrected chi connectivity index (χ2v) is 5.08. The number of carbonyl (C=O) groups excluding carboxylic acids is 2. The second kappa shape index (κ2) is 5.73. The van der Waals surface area contributed by atoms with Crippen molar-refractivity contribution in [3.63, 3.8) is 0 Å². The summed E-state index contributed by atoms with van der Waals surface area (Å²) in [6.07, 6.45) is 1.16. The van der Waals surface area contributed by atoms with E-state index < -0.39 is 0 Å². The highest BCUT2D eigenvalue weighted by Crippen LogP contribution is 2.17. The SMILES string of the molecule is CC[C@@H](C)C(=O)NNC(=O)CC(C)(C)C. The van der Waals surface area contributed by atoms with Crippen molar-refractivity contribution in [1.29, 1.82) is 0 Å². The molecule has 0 radical (unpaired) electrons. The van der Waals surface area contributed by atoms with Gasteiger partial charge in [-0.05, 0) is 11.8 Å². The predicted molar refractivity (Wildman–Crippen MR) is 59.8 cm³/mol. The van der Waals surface area contributed by atoms with E-state index in [0.717, 1.165) is 6.42 Å². The van der Waals surface area contributed by atoms with Crippen LogP contribution in [0.25, 0.3) is 0 Å². The van der Waals surface area contributed by atoms with Crippen LogP contribution in [-0.2, 0) is 9.59 Å². The molecule has 0 aliphatic heterocycles. The van der Waals surface area contributed by atoms with E-state index >= 15 is 0 Å².